The molecule has 1 aromatic heterocycles. The van der Waals surface area contributed by atoms with E-state index >= 15 is 0 Å². The Balaban J connectivity index is 1.85. The van der Waals surface area contributed by atoms with Crippen molar-refractivity contribution in [1.82, 2.24) is 4.98 Å². The van der Waals surface area contributed by atoms with Gasteiger partial charge in [0.2, 0.25) is 0 Å². The van der Waals surface area contributed by atoms with Crippen LogP contribution in [0.15, 0.2) is 47.4 Å². The fourth-order valence-corrected chi connectivity index (χ4v) is 4.92. The largest absolute Gasteiger partial charge is 0.355 e. The monoisotopic (exact) mass is 347 g/mol. The standard InChI is InChI=1S/C16H14ClN3O2S/c17-14-5-1-2-6-15(14)23(21,22)13-8-9-20(11-13)16-7-3-4-12(10-18)19-16/h1-7,13H,8-9,11H2. The molecule has 1 unspecified atom stereocenters. The zero-order valence-corrected chi connectivity index (χ0v) is 13.8. The first-order valence-electron chi connectivity index (χ1n) is 7.13. The van der Waals surface area contributed by atoms with Gasteiger partial charge < -0.3 is 4.90 Å². The van der Waals surface area contributed by atoms with Gasteiger partial charge in [-0.1, -0.05) is 29.8 Å². The summed E-state index contributed by atoms with van der Waals surface area (Å²) in [6.45, 7) is 0.922. The van der Waals surface area contributed by atoms with Crippen LogP contribution >= 0.6 is 11.6 Å². The quantitative estimate of drug-likeness (QED) is 0.853. The molecule has 0 N–H and O–H groups in total. The van der Waals surface area contributed by atoms with Crippen LogP contribution in [0.1, 0.15) is 12.1 Å². The molecule has 23 heavy (non-hydrogen) atoms. The second-order valence-electron chi connectivity index (χ2n) is 5.32. The van der Waals surface area contributed by atoms with Gasteiger partial charge in [0.15, 0.2) is 9.84 Å². The minimum Gasteiger partial charge on any atom is -0.355 e. The molecule has 0 bridgehead atoms. The maximum absolute atomic E-state index is 12.8. The van der Waals surface area contributed by atoms with E-state index in [1.807, 2.05) is 11.0 Å². The van der Waals surface area contributed by atoms with Crippen molar-refractivity contribution in [3.8, 4) is 6.07 Å². The van der Waals surface area contributed by atoms with Crippen LogP contribution in [0.25, 0.3) is 0 Å². The fraction of sp³-hybridized carbons (Fsp3) is 0.250. The smallest absolute Gasteiger partial charge is 0.184 e. The Kier molecular flexibility index (Phi) is 4.24. The number of halogens is 1. The van der Waals surface area contributed by atoms with E-state index in [1.165, 1.54) is 6.07 Å². The number of hydrogen-bond donors (Lipinski definition) is 0. The minimum absolute atomic E-state index is 0.173. The normalized spacial score (nSPS) is 17.9. The average Bonchev–Trinajstić information content (AvgIpc) is 3.06. The maximum atomic E-state index is 12.8. The second kappa shape index (κ2) is 6.19. The van der Waals surface area contributed by atoms with Crippen molar-refractivity contribution in [2.24, 2.45) is 0 Å². The van der Waals surface area contributed by atoms with E-state index in [4.69, 9.17) is 16.9 Å². The van der Waals surface area contributed by atoms with Gasteiger partial charge in [0.05, 0.1) is 15.2 Å². The molecule has 0 saturated carbocycles. The molecule has 0 spiro atoms. The topological polar surface area (TPSA) is 74.1 Å². The van der Waals surface area contributed by atoms with Gasteiger partial charge in [0, 0.05) is 13.1 Å². The zero-order chi connectivity index (χ0) is 16.4. The van der Waals surface area contributed by atoms with Crippen LogP contribution in [0.2, 0.25) is 5.02 Å². The Morgan fingerprint density at radius 1 is 1.22 bits per heavy atom. The summed E-state index contributed by atoms with van der Waals surface area (Å²) in [7, 11) is -3.49. The second-order valence-corrected chi connectivity index (χ2v) is 7.93. The molecule has 0 aliphatic carbocycles. The number of pyridine rings is 1. The Morgan fingerprint density at radius 3 is 2.74 bits per heavy atom. The van der Waals surface area contributed by atoms with Crippen molar-refractivity contribution in [2.45, 2.75) is 16.6 Å². The van der Waals surface area contributed by atoms with E-state index in [-0.39, 0.29) is 9.92 Å². The van der Waals surface area contributed by atoms with Crippen LogP contribution in [0.3, 0.4) is 0 Å². The van der Waals surface area contributed by atoms with E-state index in [1.54, 1.807) is 36.4 Å². The number of anilines is 1. The van der Waals surface area contributed by atoms with Crippen LogP contribution in [0, 0.1) is 11.3 Å². The highest BCUT2D eigenvalue weighted by Gasteiger charge is 2.35. The summed E-state index contributed by atoms with van der Waals surface area (Å²) in [4.78, 5) is 6.29. The number of hydrogen-bond acceptors (Lipinski definition) is 5. The molecular weight excluding hydrogens is 334 g/mol. The lowest BCUT2D eigenvalue weighted by molar-refractivity contribution is 0.583. The van der Waals surface area contributed by atoms with Crippen molar-refractivity contribution < 1.29 is 8.42 Å². The molecule has 5 nitrogen and oxygen atoms in total. The van der Waals surface area contributed by atoms with Crippen molar-refractivity contribution >= 4 is 27.3 Å². The summed E-state index contributed by atoms with van der Waals surface area (Å²) in [6.07, 6.45) is 0.506. The summed E-state index contributed by atoms with van der Waals surface area (Å²) < 4.78 is 25.5. The molecule has 118 valence electrons. The number of aromatic nitrogens is 1. The third-order valence-corrected chi connectivity index (χ3v) is 6.57. The number of nitrogens with zero attached hydrogens (tertiary/aromatic N) is 3. The molecule has 2 aromatic rings. The van der Waals surface area contributed by atoms with E-state index in [0.717, 1.165) is 0 Å². The first kappa shape index (κ1) is 15.8. The van der Waals surface area contributed by atoms with E-state index in [2.05, 4.69) is 4.98 Å². The molecule has 1 aromatic carbocycles. The molecule has 2 heterocycles. The number of benzene rings is 1. The van der Waals surface area contributed by atoms with E-state index in [0.29, 0.717) is 31.0 Å². The van der Waals surface area contributed by atoms with Gasteiger partial charge in [-0.15, -0.1) is 0 Å². The predicted octanol–water partition coefficient (Wildman–Crippen LogP) is 2.66. The molecule has 1 atom stereocenters. The van der Waals surface area contributed by atoms with Crippen LogP contribution in [-0.2, 0) is 9.84 Å². The van der Waals surface area contributed by atoms with Crippen LogP contribution in [-0.4, -0.2) is 31.7 Å². The Morgan fingerprint density at radius 2 is 2.00 bits per heavy atom. The van der Waals surface area contributed by atoms with Crippen molar-refractivity contribution in [3.63, 3.8) is 0 Å². The third kappa shape index (κ3) is 3.03. The summed E-state index contributed by atoms with van der Waals surface area (Å²) >= 11 is 6.04. The zero-order valence-electron chi connectivity index (χ0n) is 12.2. The third-order valence-electron chi connectivity index (χ3n) is 3.90. The SMILES string of the molecule is N#Cc1cccc(N2CCC(S(=O)(=O)c3ccccc3Cl)C2)n1. The van der Waals surface area contributed by atoms with Crippen LogP contribution in [0.4, 0.5) is 5.82 Å². The highest BCUT2D eigenvalue weighted by atomic mass is 35.5. The van der Waals surface area contributed by atoms with Crippen molar-refractivity contribution in [1.29, 1.82) is 5.26 Å². The molecule has 1 saturated heterocycles. The molecule has 1 aliphatic rings. The van der Waals surface area contributed by atoms with Crippen LogP contribution < -0.4 is 4.90 Å². The van der Waals surface area contributed by atoms with Gasteiger partial charge in [-0.2, -0.15) is 5.26 Å². The molecule has 1 aliphatic heterocycles. The number of nitriles is 1. The molecule has 1 fully saturated rings. The lowest BCUT2D eigenvalue weighted by atomic mass is 10.3. The summed E-state index contributed by atoms with van der Waals surface area (Å²) in [5.41, 5.74) is 0.319. The molecule has 0 radical (unpaired) electrons. The van der Waals surface area contributed by atoms with E-state index < -0.39 is 15.1 Å². The Hall–Kier alpha value is -2.10. The predicted molar refractivity (Wildman–Crippen MR) is 88.2 cm³/mol. The summed E-state index contributed by atoms with van der Waals surface area (Å²) in [6, 6.07) is 13.6. The molecular formula is C16H14ClN3O2S. The first-order valence-corrected chi connectivity index (χ1v) is 9.05. The van der Waals surface area contributed by atoms with Gasteiger partial charge >= 0.3 is 0 Å². The van der Waals surface area contributed by atoms with Gasteiger partial charge in [0.1, 0.15) is 17.6 Å². The van der Waals surface area contributed by atoms with Crippen LogP contribution in [0.5, 0.6) is 0 Å². The minimum atomic E-state index is -3.49. The number of sulfone groups is 1. The van der Waals surface area contributed by atoms with Gasteiger partial charge in [-0.3, -0.25) is 0 Å². The average molecular weight is 348 g/mol. The summed E-state index contributed by atoms with van der Waals surface area (Å²) in [5.74, 6) is 0.626. The fourth-order valence-electron chi connectivity index (χ4n) is 2.71. The van der Waals surface area contributed by atoms with Gasteiger partial charge in [-0.25, -0.2) is 13.4 Å². The lowest BCUT2D eigenvalue weighted by Gasteiger charge is -2.18. The van der Waals surface area contributed by atoms with Crippen molar-refractivity contribution in [3.05, 3.63) is 53.2 Å². The van der Waals surface area contributed by atoms with Gasteiger partial charge in [-0.05, 0) is 30.7 Å². The Bertz CT molecular complexity index is 877. The summed E-state index contributed by atoms with van der Waals surface area (Å²) in [5, 5.41) is 8.64. The van der Waals surface area contributed by atoms with Gasteiger partial charge in [0.25, 0.3) is 0 Å². The molecule has 3 rings (SSSR count). The van der Waals surface area contributed by atoms with E-state index in [9.17, 15) is 8.42 Å². The Labute approximate surface area is 140 Å². The lowest BCUT2D eigenvalue weighted by Crippen LogP contribution is -2.27. The molecule has 7 heteroatoms. The maximum Gasteiger partial charge on any atom is 0.184 e. The highest BCUT2D eigenvalue weighted by Crippen LogP contribution is 2.30. The number of rotatable bonds is 3. The van der Waals surface area contributed by atoms with Crippen molar-refractivity contribution in [2.75, 3.05) is 18.0 Å². The molecule has 0 amide bonds. The first-order chi connectivity index (χ1) is 11.0. The highest BCUT2D eigenvalue weighted by molar-refractivity contribution is 7.92.